The Balaban J connectivity index is 1.65. The number of amides is 1. The van der Waals surface area contributed by atoms with Crippen LogP contribution in [-0.4, -0.2) is 20.9 Å². The molecule has 1 amide bonds. The Morgan fingerprint density at radius 3 is 2.95 bits per heavy atom. The van der Waals surface area contributed by atoms with E-state index in [1.54, 1.807) is 12.3 Å². The molecule has 0 aliphatic heterocycles. The average Bonchev–Trinajstić information content (AvgIpc) is 3.10. The number of anilines is 1. The van der Waals surface area contributed by atoms with E-state index in [-0.39, 0.29) is 5.91 Å². The number of fused-ring (bicyclic) bond motifs is 2. The van der Waals surface area contributed by atoms with Crippen molar-refractivity contribution in [2.45, 2.75) is 0 Å². The van der Waals surface area contributed by atoms with Crippen LogP contribution in [0.2, 0.25) is 0 Å². The highest BCUT2D eigenvalue weighted by atomic mass is 32.1. The van der Waals surface area contributed by atoms with Crippen LogP contribution in [0.3, 0.4) is 0 Å². The molecule has 0 aliphatic rings. The number of carbonyl (C=O) groups excluding carboxylic acids is 1. The molecule has 5 nitrogen and oxygen atoms in total. The third kappa shape index (κ3) is 2.15. The number of nitrogens with one attached hydrogen (secondary N) is 2. The summed E-state index contributed by atoms with van der Waals surface area (Å²) in [5.41, 5.74) is 2.06. The molecule has 0 bridgehead atoms. The summed E-state index contributed by atoms with van der Waals surface area (Å²) in [5.74, 6) is -0.216. The van der Waals surface area contributed by atoms with Crippen molar-refractivity contribution in [3.05, 3.63) is 54.4 Å². The van der Waals surface area contributed by atoms with Crippen LogP contribution < -0.4 is 5.32 Å². The van der Waals surface area contributed by atoms with Crippen molar-refractivity contribution in [2.24, 2.45) is 0 Å². The molecule has 4 aromatic rings. The Morgan fingerprint density at radius 2 is 2.10 bits per heavy atom. The number of aromatic nitrogens is 3. The van der Waals surface area contributed by atoms with Crippen LogP contribution in [0.1, 0.15) is 10.5 Å². The van der Waals surface area contributed by atoms with Gasteiger partial charge in [-0.05, 0) is 30.3 Å². The minimum absolute atomic E-state index is 0.216. The van der Waals surface area contributed by atoms with Gasteiger partial charge < -0.3 is 4.98 Å². The van der Waals surface area contributed by atoms with Crippen LogP contribution in [0.15, 0.2) is 48.7 Å². The molecule has 1 aromatic carbocycles. The highest BCUT2D eigenvalue weighted by molar-refractivity contribution is 7.22. The van der Waals surface area contributed by atoms with Gasteiger partial charge in [-0.1, -0.05) is 23.5 Å². The second-order valence-corrected chi connectivity index (χ2v) is 5.60. The zero-order valence-electron chi connectivity index (χ0n) is 10.8. The molecule has 0 radical (unpaired) electrons. The van der Waals surface area contributed by atoms with Crippen molar-refractivity contribution in [3.8, 4) is 0 Å². The highest BCUT2D eigenvalue weighted by Crippen LogP contribution is 2.25. The third-order valence-corrected chi connectivity index (χ3v) is 4.10. The van der Waals surface area contributed by atoms with Gasteiger partial charge in [0, 0.05) is 11.6 Å². The molecule has 0 spiro atoms. The number of thiazole rings is 1. The molecule has 0 aliphatic carbocycles. The first kappa shape index (κ1) is 12.0. The van der Waals surface area contributed by atoms with Gasteiger partial charge in [0.05, 0.1) is 10.2 Å². The van der Waals surface area contributed by atoms with Gasteiger partial charge in [-0.25, -0.2) is 9.97 Å². The molecule has 4 rings (SSSR count). The van der Waals surface area contributed by atoms with E-state index in [0.29, 0.717) is 16.5 Å². The van der Waals surface area contributed by atoms with Crippen LogP contribution in [0.25, 0.3) is 21.3 Å². The fraction of sp³-hybridized carbons (Fsp3) is 0. The maximum atomic E-state index is 12.3. The number of H-pyrrole nitrogens is 1. The van der Waals surface area contributed by atoms with Crippen LogP contribution in [0, 0.1) is 0 Å². The Bertz CT molecular complexity index is 890. The van der Waals surface area contributed by atoms with Crippen LogP contribution in [0.5, 0.6) is 0 Å². The molecule has 0 unspecified atom stereocenters. The Morgan fingerprint density at radius 1 is 1.19 bits per heavy atom. The number of benzene rings is 1. The first-order valence-corrected chi connectivity index (χ1v) is 7.22. The van der Waals surface area contributed by atoms with E-state index in [9.17, 15) is 4.79 Å². The predicted molar refractivity (Wildman–Crippen MR) is 83.7 cm³/mol. The lowest BCUT2D eigenvalue weighted by atomic mass is 10.3. The van der Waals surface area contributed by atoms with Gasteiger partial charge in [0.15, 0.2) is 5.13 Å². The smallest absolute Gasteiger partial charge is 0.273 e. The number of rotatable bonds is 2. The molecular formula is C15H10N4OS. The largest absolute Gasteiger partial charge is 0.335 e. The lowest BCUT2D eigenvalue weighted by Crippen LogP contribution is -2.11. The molecule has 0 fully saturated rings. The molecular weight excluding hydrogens is 284 g/mol. The van der Waals surface area contributed by atoms with Crippen molar-refractivity contribution < 1.29 is 4.79 Å². The number of aromatic amines is 1. The highest BCUT2D eigenvalue weighted by Gasteiger charge is 2.12. The normalized spacial score (nSPS) is 11.0. The van der Waals surface area contributed by atoms with Crippen molar-refractivity contribution in [1.82, 2.24) is 15.0 Å². The molecule has 102 valence electrons. The summed E-state index contributed by atoms with van der Waals surface area (Å²) in [7, 11) is 0. The molecule has 21 heavy (non-hydrogen) atoms. The van der Waals surface area contributed by atoms with Gasteiger partial charge in [0.2, 0.25) is 0 Å². The van der Waals surface area contributed by atoms with E-state index in [1.807, 2.05) is 36.4 Å². The van der Waals surface area contributed by atoms with E-state index < -0.39 is 0 Å². The fourth-order valence-electron chi connectivity index (χ4n) is 2.17. The SMILES string of the molecule is O=C(Nc1nc2ccccc2s1)c1cc2cccnc2[nH]1. The predicted octanol–water partition coefficient (Wildman–Crippen LogP) is 3.42. The summed E-state index contributed by atoms with van der Waals surface area (Å²) in [4.78, 5) is 23.8. The number of nitrogens with zero attached hydrogens (tertiary/aromatic N) is 2. The lowest BCUT2D eigenvalue weighted by Gasteiger charge is -1.97. The molecule has 6 heteroatoms. The Hall–Kier alpha value is -2.73. The van der Waals surface area contributed by atoms with Gasteiger partial charge in [0.25, 0.3) is 5.91 Å². The second-order valence-electron chi connectivity index (χ2n) is 4.57. The minimum atomic E-state index is -0.216. The number of carbonyl (C=O) groups is 1. The van der Waals surface area contributed by atoms with Gasteiger partial charge >= 0.3 is 0 Å². The van der Waals surface area contributed by atoms with E-state index in [1.165, 1.54) is 11.3 Å². The van der Waals surface area contributed by atoms with E-state index in [4.69, 9.17) is 0 Å². The number of pyridine rings is 1. The van der Waals surface area contributed by atoms with Crippen molar-refractivity contribution in [1.29, 1.82) is 0 Å². The zero-order valence-corrected chi connectivity index (χ0v) is 11.6. The molecule has 0 saturated heterocycles. The minimum Gasteiger partial charge on any atom is -0.335 e. The van der Waals surface area contributed by atoms with Crippen LogP contribution >= 0.6 is 11.3 Å². The summed E-state index contributed by atoms with van der Waals surface area (Å²) in [6, 6.07) is 13.3. The van der Waals surface area contributed by atoms with Crippen LogP contribution in [0.4, 0.5) is 5.13 Å². The maximum Gasteiger partial charge on any atom is 0.273 e. The first-order valence-electron chi connectivity index (χ1n) is 6.40. The first-order chi connectivity index (χ1) is 10.3. The summed E-state index contributed by atoms with van der Waals surface area (Å²) in [6.45, 7) is 0. The molecule has 3 heterocycles. The molecule has 0 atom stereocenters. The molecule has 0 saturated carbocycles. The second kappa shape index (κ2) is 4.68. The monoisotopic (exact) mass is 294 g/mol. The number of para-hydroxylation sites is 1. The van der Waals surface area contributed by atoms with E-state index in [2.05, 4.69) is 20.3 Å². The Kier molecular flexibility index (Phi) is 2.68. The van der Waals surface area contributed by atoms with Crippen molar-refractivity contribution in [3.63, 3.8) is 0 Å². The fourth-order valence-corrected chi connectivity index (χ4v) is 3.03. The van der Waals surface area contributed by atoms with Gasteiger partial charge in [0.1, 0.15) is 11.3 Å². The van der Waals surface area contributed by atoms with Gasteiger partial charge in [-0.3, -0.25) is 10.1 Å². The quantitative estimate of drug-likeness (QED) is 0.595. The number of hydrogen-bond donors (Lipinski definition) is 2. The number of hydrogen-bond acceptors (Lipinski definition) is 4. The molecule has 3 aromatic heterocycles. The van der Waals surface area contributed by atoms with Crippen LogP contribution in [-0.2, 0) is 0 Å². The molecule has 2 N–H and O–H groups in total. The van der Waals surface area contributed by atoms with E-state index >= 15 is 0 Å². The summed E-state index contributed by atoms with van der Waals surface area (Å²) in [6.07, 6.45) is 1.69. The zero-order chi connectivity index (χ0) is 14.2. The average molecular weight is 294 g/mol. The van der Waals surface area contributed by atoms with Crippen molar-refractivity contribution in [2.75, 3.05) is 5.32 Å². The maximum absolute atomic E-state index is 12.3. The van der Waals surface area contributed by atoms with Gasteiger partial charge in [-0.2, -0.15) is 0 Å². The Labute approximate surface area is 123 Å². The summed E-state index contributed by atoms with van der Waals surface area (Å²) < 4.78 is 1.05. The topological polar surface area (TPSA) is 70.7 Å². The van der Waals surface area contributed by atoms with Gasteiger partial charge in [-0.15, -0.1) is 0 Å². The standard InChI is InChI=1S/C15H10N4OS/c20-14(11-8-9-4-3-7-16-13(9)17-11)19-15-18-10-5-1-2-6-12(10)21-15/h1-8H,(H,16,17)(H,18,19,20). The van der Waals surface area contributed by atoms with Crippen molar-refractivity contribution >= 4 is 43.6 Å². The summed E-state index contributed by atoms with van der Waals surface area (Å²) >= 11 is 1.45. The lowest BCUT2D eigenvalue weighted by molar-refractivity contribution is 0.102. The van der Waals surface area contributed by atoms with E-state index in [0.717, 1.165) is 15.6 Å². The third-order valence-electron chi connectivity index (χ3n) is 3.15. The summed E-state index contributed by atoms with van der Waals surface area (Å²) in [5, 5.41) is 4.32.